The van der Waals surface area contributed by atoms with Crippen LogP contribution in [0.25, 0.3) is 0 Å². The molecule has 2 rings (SSSR count). The fourth-order valence-corrected chi connectivity index (χ4v) is 3.48. The summed E-state index contributed by atoms with van der Waals surface area (Å²) < 4.78 is 24.3. The maximum atomic E-state index is 13.6. The van der Waals surface area contributed by atoms with Crippen molar-refractivity contribution in [3.63, 3.8) is 0 Å². The number of likely N-dealkylation sites (tertiary alicyclic amines) is 1. The lowest BCUT2D eigenvalue weighted by molar-refractivity contribution is -0.159. The number of nitriles is 1. The number of hydrogen-bond acceptors (Lipinski definition) is 5. The second-order valence-corrected chi connectivity index (χ2v) is 8.39. The molecule has 6 nitrogen and oxygen atoms in total. The van der Waals surface area contributed by atoms with Crippen LogP contribution in [0.4, 0.5) is 9.18 Å². The van der Waals surface area contributed by atoms with E-state index >= 15 is 0 Å². The first-order valence-electron chi connectivity index (χ1n) is 9.94. The Morgan fingerprint density at radius 1 is 1.28 bits per heavy atom. The normalized spacial score (nSPS) is 16.1. The minimum Gasteiger partial charge on any atom is -0.466 e. The molecule has 0 atom stereocenters. The van der Waals surface area contributed by atoms with Crippen LogP contribution in [-0.4, -0.2) is 42.3 Å². The Hall–Kier alpha value is -2.62. The molecule has 29 heavy (non-hydrogen) atoms. The number of carbonyl (C=O) groups is 2. The standard InChI is InChI=1S/C22H29FN2O4/c1-5-28-19(26)22(9-8-16-6-7-18(23)17(14-16)15-24)10-12-25(13-11-22)20(27)29-21(2,3)4/h6-7,14H,5,8-13H2,1-4H3. The molecule has 0 spiro atoms. The van der Waals surface area contributed by atoms with E-state index in [2.05, 4.69) is 0 Å². The highest BCUT2D eigenvalue weighted by atomic mass is 19.1. The Balaban J connectivity index is 2.10. The first-order chi connectivity index (χ1) is 13.6. The minimum atomic E-state index is -0.713. The molecule has 0 aliphatic carbocycles. The third-order valence-corrected chi connectivity index (χ3v) is 5.12. The largest absolute Gasteiger partial charge is 0.466 e. The molecule has 0 bridgehead atoms. The molecule has 1 aliphatic rings. The Bertz CT molecular complexity index is 787. The van der Waals surface area contributed by atoms with Crippen LogP contribution in [0, 0.1) is 22.6 Å². The van der Waals surface area contributed by atoms with Gasteiger partial charge >= 0.3 is 12.1 Å². The number of benzene rings is 1. The van der Waals surface area contributed by atoms with Gasteiger partial charge < -0.3 is 14.4 Å². The van der Waals surface area contributed by atoms with E-state index in [1.165, 1.54) is 12.1 Å². The summed E-state index contributed by atoms with van der Waals surface area (Å²) >= 11 is 0. The lowest BCUT2D eigenvalue weighted by Gasteiger charge is -2.40. The van der Waals surface area contributed by atoms with Crippen molar-refractivity contribution in [2.24, 2.45) is 5.41 Å². The Kier molecular flexibility index (Phi) is 7.23. The predicted octanol–water partition coefficient (Wildman–Crippen LogP) is 4.21. The maximum absolute atomic E-state index is 13.6. The molecular weight excluding hydrogens is 375 g/mol. The molecule has 1 heterocycles. The quantitative estimate of drug-likeness (QED) is 0.687. The Labute approximate surface area is 171 Å². The number of aryl methyl sites for hydroxylation is 1. The number of ether oxygens (including phenoxy) is 2. The molecule has 1 aromatic rings. The second-order valence-electron chi connectivity index (χ2n) is 8.39. The van der Waals surface area contributed by atoms with Gasteiger partial charge in [0, 0.05) is 13.1 Å². The third-order valence-electron chi connectivity index (χ3n) is 5.12. The highest BCUT2D eigenvalue weighted by Crippen LogP contribution is 2.38. The van der Waals surface area contributed by atoms with Crippen LogP contribution in [0.1, 0.15) is 58.1 Å². The zero-order chi connectivity index (χ0) is 21.7. The minimum absolute atomic E-state index is 0.00701. The summed E-state index contributed by atoms with van der Waals surface area (Å²) in [4.78, 5) is 26.7. The molecule has 1 aliphatic heterocycles. The zero-order valence-electron chi connectivity index (χ0n) is 17.6. The number of amides is 1. The van der Waals surface area contributed by atoms with Crippen molar-refractivity contribution in [2.75, 3.05) is 19.7 Å². The van der Waals surface area contributed by atoms with E-state index in [9.17, 15) is 14.0 Å². The number of hydrogen-bond donors (Lipinski definition) is 0. The van der Waals surface area contributed by atoms with Crippen LogP contribution >= 0.6 is 0 Å². The molecule has 158 valence electrons. The van der Waals surface area contributed by atoms with Gasteiger partial charge in [-0.15, -0.1) is 0 Å². The lowest BCUT2D eigenvalue weighted by atomic mass is 9.74. The number of carbonyl (C=O) groups excluding carboxylic acids is 2. The number of rotatable bonds is 5. The van der Waals surface area contributed by atoms with E-state index in [1.807, 2.05) is 26.8 Å². The molecule has 1 fully saturated rings. The molecule has 0 N–H and O–H groups in total. The van der Waals surface area contributed by atoms with Gasteiger partial charge in [0.1, 0.15) is 17.5 Å². The summed E-state index contributed by atoms with van der Waals surface area (Å²) in [5, 5.41) is 9.02. The van der Waals surface area contributed by atoms with Gasteiger partial charge in [0.15, 0.2) is 0 Å². The number of nitrogens with zero attached hydrogens (tertiary/aromatic N) is 2. The second kappa shape index (κ2) is 9.25. The molecule has 1 aromatic carbocycles. The van der Waals surface area contributed by atoms with E-state index in [1.54, 1.807) is 17.9 Å². The van der Waals surface area contributed by atoms with Crippen LogP contribution < -0.4 is 0 Å². The van der Waals surface area contributed by atoms with Gasteiger partial charge in [0.2, 0.25) is 0 Å². The van der Waals surface area contributed by atoms with Crippen LogP contribution in [0.3, 0.4) is 0 Å². The molecule has 7 heteroatoms. The first kappa shape index (κ1) is 22.7. The third kappa shape index (κ3) is 5.93. The van der Waals surface area contributed by atoms with E-state index in [4.69, 9.17) is 14.7 Å². The van der Waals surface area contributed by atoms with E-state index in [-0.39, 0.29) is 24.2 Å². The fraction of sp³-hybridized carbons (Fsp3) is 0.591. The van der Waals surface area contributed by atoms with Gasteiger partial charge in [-0.05, 0) is 71.1 Å². The fourth-order valence-electron chi connectivity index (χ4n) is 3.48. The van der Waals surface area contributed by atoms with E-state index < -0.39 is 16.8 Å². The van der Waals surface area contributed by atoms with E-state index in [0.29, 0.717) is 38.8 Å². The summed E-state index contributed by atoms with van der Waals surface area (Å²) in [6.45, 7) is 8.30. The van der Waals surface area contributed by atoms with Gasteiger partial charge in [0.25, 0.3) is 0 Å². The van der Waals surface area contributed by atoms with Crippen molar-refractivity contribution >= 4 is 12.1 Å². The number of piperidine rings is 1. The smallest absolute Gasteiger partial charge is 0.410 e. The molecule has 1 amide bonds. The molecule has 0 radical (unpaired) electrons. The Morgan fingerprint density at radius 3 is 2.48 bits per heavy atom. The molecule has 0 saturated carbocycles. The molecule has 1 saturated heterocycles. The van der Waals surface area contributed by atoms with Crippen molar-refractivity contribution in [3.8, 4) is 6.07 Å². The van der Waals surface area contributed by atoms with Gasteiger partial charge in [-0.3, -0.25) is 4.79 Å². The van der Waals surface area contributed by atoms with Crippen molar-refractivity contribution in [3.05, 3.63) is 35.1 Å². The topological polar surface area (TPSA) is 79.6 Å². The van der Waals surface area contributed by atoms with Gasteiger partial charge in [-0.25, -0.2) is 9.18 Å². The Morgan fingerprint density at radius 2 is 1.93 bits per heavy atom. The average molecular weight is 404 g/mol. The zero-order valence-corrected chi connectivity index (χ0v) is 17.6. The van der Waals surface area contributed by atoms with Crippen LogP contribution in [0.2, 0.25) is 0 Å². The predicted molar refractivity (Wildman–Crippen MR) is 106 cm³/mol. The van der Waals surface area contributed by atoms with Crippen LogP contribution in [0.15, 0.2) is 18.2 Å². The lowest BCUT2D eigenvalue weighted by Crippen LogP contribution is -2.48. The van der Waals surface area contributed by atoms with Crippen molar-refractivity contribution in [1.29, 1.82) is 5.26 Å². The molecule has 0 aromatic heterocycles. The number of esters is 1. The SMILES string of the molecule is CCOC(=O)C1(CCc2ccc(F)c(C#N)c2)CCN(C(=O)OC(C)(C)C)CC1. The monoisotopic (exact) mass is 404 g/mol. The summed E-state index contributed by atoms with van der Waals surface area (Å²) in [5.74, 6) is -0.825. The summed E-state index contributed by atoms with van der Waals surface area (Å²) in [6.07, 6.45) is 1.58. The summed E-state index contributed by atoms with van der Waals surface area (Å²) in [6, 6.07) is 6.26. The number of halogens is 1. The van der Waals surface area contributed by atoms with Crippen molar-refractivity contribution in [2.45, 2.75) is 59.0 Å². The van der Waals surface area contributed by atoms with Crippen LogP contribution in [-0.2, 0) is 20.7 Å². The highest BCUT2D eigenvalue weighted by molar-refractivity contribution is 5.77. The van der Waals surface area contributed by atoms with Gasteiger partial charge in [0.05, 0.1) is 17.6 Å². The van der Waals surface area contributed by atoms with Crippen LogP contribution in [0.5, 0.6) is 0 Å². The summed E-state index contributed by atoms with van der Waals surface area (Å²) in [7, 11) is 0. The van der Waals surface area contributed by atoms with E-state index in [0.717, 1.165) is 5.56 Å². The van der Waals surface area contributed by atoms with Crippen molar-refractivity contribution < 1.29 is 23.5 Å². The van der Waals surface area contributed by atoms with Crippen molar-refractivity contribution in [1.82, 2.24) is 4.90 Å². The first-order valence-corrected chi connectivity index (χ1v) is 9.94. The molecule has 0 unspecified atom stereocenters. The molecular formula is C22H29FN2O4. The van der Waals surface area contributed by atoms with Gasteiger partial charge in [-0.2, -0.15) is 5.26 Å². The maximum Gasteiger partial charge on any atom is 0.410 e. The average Bonchev–Trinajstić information content (AvgIpc) is 2.66. The van der Waals surface area contributed by atoms with Gasteiger partial charge in [-0.1, -0.05) is 6.07 Å². The highest BCUT2D eigenvalue weighted by Gasteiger charge is 2.43. The summed E-state index contributed by atoms with van der Waals surface area (Å²) in [5.41, 5.74) is -0.502.